The zero-order valence-corrected chi connectivity index (χ0v) is 11.5. The SMILES string of the molecule is CCC(CO)NC(=O)C(=O)Nc1ccccc1Br. The first-order valence-corrected chi connectivity index (χ1v) is 6.35. The van der Waals surface area contributed by atoms with Gasteiger partial charge in [0.15, 0.2) is 0 Å². The van der Waals surface area contributed by atoms with E-state index in [4.69, 9.17) is 5.11 Å². The van der Waals surface area contributed by atoms with Crippen molar-refractivity contribution in [2.24, 2.45) is 0 Å². The third kappa shape index (κ3) is 4.12. The van der Waals surface area contributed by atoms with Crippen molar-refractivity contribution < 1.29 is 14.7 Å². The zero-order valence-electron chi connectivity index (χ0n) is 9.94. The Kier molecular flexibility index (Phi) is 5.80. The summed E-state index contributed by atoms with van der Waals surface area (Å²) >= 11 is 3.27. The lowest BCUT2D eigenvalue weighted by Gasteiger charge is -2.13. The largest absolute Gasteiger partial charge is 0.394 e. The number of aliphatic hydroxyl groups is 1. The minimum Gasteiger partial charge on any atom is -0.394 e. The molecule has 1 unspecified atom stereocenters. The lowest BCUT2D eigenvalue weighted by molar-refractivity contribution is -0.136. The van der Waals surface area contributed by atoms with Gasteiger partial charge in [-0.15, -0.1) is 0 Å². The van der Waals surface area contributed by atoms with Crippen molar-refractivity contribution in [3.8, 4) is 0 Å². The van der Waals surface area contributed by atoms with E-state index >= 15 is 0 Å². The maximum absolute atomic E-state index is 11.6. The molecule has 0 aromatic heterocycles. The zero-order chi connectivity index (χ0) is 13.5. The summed E-state index contributed by atoms with van der Waals surface area (Å²) in [5.41, 5.74) is 0.523. The molecule has 0 radical (unpaired) electrons. The standard InChI is InChI=1S/C12H15BrN2O3/c1-2-8(7-16)14-11(17)12(18)15-10-6-4-3-5-9(10)13/h3-6,8,16H,2,7H2,1H3,(H,14,17)(H,15,18). The number of benzene rings is 1. The van der Waals surface area contributed by atoms with Crippen molar-refractivity contribution in [3.63, 3.8) is 0 Å². The summed E-state index contributed by atoms with van der Waals surface area (Å²) in [5, 5.41) is 13.9. The first-order valence-electron chi connectivity index (χ1n) is 5.55. The van der Waals surface area contributed by atoms with Crippen molar-refractivity contribution in [2.75, 3.05) is 11.9 Å². The van der Waals surface area contributed by atoms with E-state index in [0.29, 0.717) is 16.6 Å². The lowest BCUT2D eigenvalue weighted by atomic mass is 10.2. The van der Waals surface area contributed by atoms with Crippen molar-refractivity contribution in [1.82, 2.24) is 5.32 Å². The second-order valence-electron chi connectivity index (χ2n) is 3.70. The monoisotopic (exact) mass is 314 g/mol. The Morgan fingerprint density at radius 2 is 2.00 bits per heavy atom. The molecule has 6 heteroatoms. The molecular weight excluding hydrogens is 300 g/mol. The molecule has 0 aliphatic heterocycles. The Labute approximate surface area is 114 Å². The predicted molar refractivity (Wildman–Crippen MR) is 72.1 cm³/mol. The fourth-order valence-electron chi connectivity index (χ4n) is 1.27. The molecular formula is C12H15BrN2O3. The Bertz CT molecular complexity index is 433. The van der Waals surface area contributed by atoms with Gasteiger partial charge in [0.05, 0.1) is 18.3 Å². The molecule has 0 fully saturated rings. The van der Waals surface area contributed by atoms with Crippen molar-refractivity contribution in [1.29, 1.82) is 0 Å². The number of rotatable bonds is 4. The topological polar surface area (TPSA) is 78.4 Å². The molecule has 1 atom stereocenters. The van der Waals surface area contributed by atoms with Gasteiger partial charge < -0.3 is 15.7 Å². The van der Waals surface area contributed by atoms with Gasteiger partial charge >= 0.3 is 11.8 Å². The van der Waals surface area contributed by atoms with Crippen LogP contribution >= 0.6 is 15.9 Å². The maximum atomic E-state index is 11.6. The molecule has 0 saturated carbocycles. The highest BCUT2D eigenvalue weighted by molar-refractivity contribution is 9.10. The average molecular weight is 315 g/mol. The smallest absolute Gasteiger partial charge is 0.313 e. The molecule has 98 valence electrons. The van der Waals surface area contributed by atoms with Gasteiger partial charge in [-0.1, -0.05) is 19.1 Å². The van der Waals surface area contributed by atoms with Crippen LogP contribution in [0.3, 0.4) is 0 Å². The van der Waals surface area contributed by atoms with E-state index < -0.39 is 17.9 Å². The molecule has 0 aliphatic rings. The maximum Gasteiger partial charge on any atom is 0.313 e. The molecule has 0 saturated heterocycles. The highest BCUT2D eigenvalue weighted by Gasteiger charge is 2.17. The Hall–Kier alpha value is -1.40. The fourth-order valence-corrected chi connectivity index (χ4v) is 1.65. The molecule has 1 aromatic carbocycles. The van der Waals surface area contributed by atoms with E-state index in [1.165, 1.54) is 0 Å². The Morgan fingerprint density at radius 3 is 2.56 bits per heavy atom. The van der Waals surface area contributed by atoms with Crippen LogP contribution < -0.4 is 10.6 Å². The van der Waals surface area contributed by atoms with Crippen LogP contribution in [0.1, 0.15) is 13.3 Å². The normalized spacial score (nSPS) is 11.7. The first-order chi connectivity index (χ1) is 8.58. The molecule has 0 spiro atoms. The summed E-state index contributed by atoms with van der Waals surface area (Å²) in [4.78, 5) is 23.1. The van der Waals surface area contributed by atoms with Gasteiger partial charge in [-0.25, -0.2) is 0 Å². The number of hydrogen-bond donors (Lipinski definition) is 3. The third-order valence-corrected chi connectivity index (χ3v) is 3.07. The van der Waals surface area contributed by atoms with Gasteiger partial charge in [0.25, 0.3) is 0 Å². The van der Waals surface area contributed by atoms with E-state index in [2.05, 4.69) is 26.6 Å². The molecule has 0 aliphatic carbocycles. The van der Waals surface area contributed by atoms with Crippen LogP contribution in [0.15, 0.2) is 28.7 Å². The first kappa shape index (κ1) is 14.7. The van der Waals surface area contributed by atoms with Crippen LogP contribution in [-0.2, 0) is 9.59 Å². The number of halogens is 1. The van der Waals surface area contributed by atoms with Crippen molar-refractivity contribution >= 4 is 33.4 Å². The van der Waals surface area contributed by atoms with Crippen LogP contribution in [0.4, 0.5) is 5.69 Å². The molecule has 18 heavy (non-hydrogen) atoms. The van der Waals surface area contributed by atoms with Crippen LogP contribution in [0.25, 0.3) is 0 Å². The third-order valence-electron chi connectivity index (χ3n) is 2.38. The Balaban J connectivity index is 2.61. The lowest BCUT2D eigenvalue weighted by Crippen LogP contribution is -2.43. The summed E-state index contributed by atoms with van der Waals surface area (Å²) in [6.45, 7) is 1.62. The van der Waals surface area contributed by atoms with Crippen LogP contribution in [0, 0.1) is 0 Å². The van der Waals surface area contributed by atoms with Gasteiger partial charge in [-0.05, 0) is 34.5 Å². The summed E-state index contributed by atoms with van der Waals surface area (Å²) in [5.74, 6) is -1.51. The molecule has 0 bridgehead atoms. The van der Waals surface area contributed by atoms with E-state index in [1.807, 2.05) is 6.92 Å². The average Bonchev–Trinajstić information content (AvgIpc) is 2.38. The number of nitrogens with one attached hydrogen (secondary N) is 2. The number of anilines is 1. The van der Waals surface area contributed by atoms with Gasteiger partial charge in [0.2, 0.25) is 0 Å². The minimum atomic E-state index is -0.758. The quantitative estimate of drug-likeness (QED) is 0.732. The van der Waals surface area contributed by atoms with Crippen molar-refractivity contribution in [3.05, 3.63) is 28.7 Å². The van der Waals surface area contributed by atoms with Crippen LogP contribution in [0.2, 0.25) is 0 Å². The summed E-state index contributed by atoms with van der Waals surface area (Å²) in [6, 6.07) is 6.59. The van der Waals surface area contributed by atoms with Gasteiger partial charge in [0, 0.05) is 4.47 Å². The number of carbonyl (C=O) groups excluding carboxylic acids is 2. The van der Waals surface area contributed by atoms with Gasteiger partial charge in [-0.2, -0.15) is 0 Å². The van der Waals surface area contributed by atoms with E-state index in [9.17, 15) is 9.59 Å². The Morgan fingerprint density at radius 1 is 1.33 bits per heavy atom. The molecule has 0 heterocycles. The number of para-hydroxylation sites is 1. The molecule has 3 N–H and O–H groups in total. The van der Waals surface area contributed by atoms with Crippen molar-refractivity contribution in [2.45, 2.75) is 19.4 Å². The predicted octanol–water partition coefficient (Wildman–Crippen LogP) is 1.27. The van der Waals surface area contributed by atoms with Gasteiger partial charge in [-0.3, -0.25) is 9.59 Å². The fraction of sp³-hybridized carbons (Fsp3) is 0.333. The summed E-state index contributed by atoms with van der Waals surface area (Å²) in [7, 11) is 0. The molecule has 1 aromatic rings. The number of hydrogen-bond acceptors (Lipinski definition) is 3. The summed E-state index contributed by atoms with van der Waals surface area (Å²) in [6.07, 6.45) is 0.560. The summed E-state index contributed by atoms with van der Waals surface area (Å²) < 4.78 is 0.695. The highest BCUT2D eigenvalue weighted by atomic mass is 79.9. The number of amides is 2. The molecule has 2 amide bonds. The van der Waals surface area contributed by atoms with Crippen LogP contribution in [0.5, 0.6) is 0 Å². The van der Waals surface area contributed by atoms with E-state index in [0.717, 1.165) is 0 Å². The van der Waals surface area contributed by atoms with Gasteiger partial charge in [0.1, 0.15) is 0 Å². The number of carbonyl (C=O) groups is 2. The number of aliphatic hydroxyl groups excluding tert-OH is 1. The molecule has 1 rings (SSSR count). The second-order valence-corrected chi connectivity index (χ2v) is 4.55. The minimum absolute atomic E-state index is 0.190. The van der Waals surface area contributed by atoms with E-state index in [1.54, 1.807) is 24.3 Å². The van der Waals surface area contributed by atoms with E-state index in [-0.39, 0.29) is 6.61 Å². The van der Waals surface area contributed by atoms with Crippen LogP contribution in [-0.4, -0.2) is 29.6 Å². The molecule has 5 nitrogen and oxygen atoms in total. The second kappa shape index (κ2) is 7.13. The highest BCUT2D eigenvalue weighted by Crippen LogP contribution is 2.20.